The van der Waals surface area contributed by atoms with Crippen molar-refractivity contribution in [3.05, 3.63) is 29.3 Å². The van der Waals surface area contributed by atoms with Crippen molar-refractivity contribution in [1.82, 2.24) is 5.32 Å². The molecule has 0 aromatic heterocycles. The molecule has 3 heteroatoms. The molecule has 0 bridgehead atoms. The zero-order valence-corrected chi connectivity index (χ0v) is 11.2. The van der Waals surface area contributed by atoms with Crippen LogP contribution in [0.1, 0.15) is 24.0 Å². The largest absolute Gasteiger partial charge is 0.493 e. The minimum Gasteiger partial charge on any atom is -0.493 e. The summed E-state index contributed by atoms with van der Waals surface area (Å²) >= 11 is 0. The third-order valence-corrected chi connectivity index (χ3v) is 3.61. The van der Waals surface area contributed by atoms with E-state index in [4.69, 9.17) is 10.5 Å². The molecule has 1 saturated heterocycles. The number of hydrogen-bond donors (Lipinski definition) is 2. The predicted octanol–water partition coefficient (Wildman–Crippen LogP) is 1.87. The molecule has 0 saturated carbocycles. The van der Waals surface area contributed by atoms with Crippen LogP contribution >= 0.6 is 0 Å². The van der Waals surface area contributed by atoms with E-state index >= 15 is 0 Å². The summed E-state index contributed by atoms with van der Waals surface area (Å²) in [5.41, 5.74) is 8.08. The second kappa shape index (κ2) is 6.76. The first-order valence-corrected chi connectivity index (χ1v) is 6.92. The van der Waals surface area contributed by atoms with Gasteiger partial charge in [0.25, 0.3) is 0 Å². The Morgan fingerprint density at radius 3 is 2.78 bits per heavy atom. The highest BCUT2D eigenvalue weighted by atomic mass is 16.5. The third-order valence-electron chi connectivity index (χ3n) is 3.61. The maximum atomic E-state index is 5.95. The summed E-state index contributed by atoms with van der Waals surface area (Å²) in [5.74, 6) is 1.73. The van der Waals surface area contributed by atoms with Crippen molar-refractivity contribution in [2.45, 2.75) is 26.2 Å². The second-order valence-electron chi connectivity index (χ2n) is 5.14. The van der Waals surface area contributed by atoms with Crippen LogP contribution in [0.2, 0.25) is 0 Å². The Hall–Kier alpha value is -1.06. The normalized spacial score (nSPS) is 16.8. The van der Waals surface area contributed by atoms with Crippen LogP contribution < -0.4 is 15.8 Å². The Morgan fingerprint density at radius 2 is 2.11 bits per heavy atom. The van der Waals surface area contributed by atoms with Gasteiger partial charge in [0.2, 0.25) is 0 Å². The van der Waals surface area contributed by atoms with Crippen LogP contribution in [0.4, 0.5) is 0 Å². The van der Waals surface area contributed by atoms with Crippen molar-refractivity contribution >= 4 is 0 Å². The lowest BCUT2D eigenvalue weighted by Gasteiger charge is -2.23. The number of ether oxygens (including phenoxy) is 1. The van der Waals surface area contributed by atoms with Crippen LogP contribution in [0.25, 0.3) is 0 Å². The van der Waals surface area contributed by atoms with E-state index in [0.717, 1.165) is 31.9 Å². The van der Waals surface area contributed by atoms with Crippen LogP contribution in [-0.2, 0) is 6.42 Å². The fourth-order valence-electron chi connectivity index (χ4n) is 2.45. The van der Waals surface area contributed by atoms with Crippen molar-refractivity contribution in [2.24, 2.45) is 11.7 Å². The molecule has 0 aliphatic carbocycles. The van der Waals surface area contributed by atoms with Gasteiger partial charge in [-0.1, -0.05) is 12.1 Å². The minimum atomic E-state index is 0.703. The van der Waals surface area contributed by atoms with E-state index < -0.39 is 0 Å². The molecule has 1 aromatic rings. The van der Waals surface area contributed by atoms with Gasteiger partial charge in [0.15, 0.2) is 0 Å². The molecule has 2 rings (SSSR count). The monoisotopic (exact) mass is 248 g/mol. The van der Waals surface area contributed by atoms with Gasteiger partial charge < -0.3 is 15.8 Å². The lowest BCUT2D eigenvalue weighted by Crippen LogP contribution is -2.30. The van der Waals surface area contributed by atoms with Gasteiger partial charge >= 0.3 is 0 Å². The van der Waals surface area contributed by atoms with E-state index in [-0.39, 0.29) is 0 Å². The van der Waals surface area contributed by atoms with Crippen LogP contribution in [-0.4, -0.2) is 26.2 Å². The molecule has 3 N–H and O–H groups in total. The van der Waals surface area contributed by atoms with Gasteiger partial charge in [0.1, 0.15) is 5.75 Å². The van der Waals surface area contributed by atoms with E-state index in [1.165, 1.54) is 24.0 Å². The van der Waals surface area contributed by atoms with Crippen molar-refractivity contribution in [2.75, 3.05) is 26.2 Å². The molecule has 18 heavy (non-hydrogen) atoms. The molecule has 0 atom stereocenters. The second-order valence-corrected chi connectivity index (χ2v) is 5.14. The molecule has 1 aromatic carbocycles. The zero-order chi connectivity index (χ0) is 12.8. The summed E-state index contributed by atoms with van der Waals surface area (Å²) in [5, 5.41) is 3.38. The zero-order valence-electron chi connectivity index (χ0n) is 11.2. The molecule has 0 spiro atoms. The molecule has 3 nitrogen and oxygen atoms in total. The first kappa shape index (κ1) is 13.4. The van der Waals surface area contributed by atoms with Gasteiger partial charge in [0.05, 0.1) is 6.61 Å². The summed E-state index contributed by atoms with van der Waals surface area (Å²) in [4.78, 5) is 0. The third kappa shape index (κ3) is 3.72. The lowest BCUT2D eigenvalue weighted by molar-refractivity contribution is 0.214. The summed E-state index contributed by atoms with van der Waals surface area (Å²) in [6.07, 6.45) is 3.39. The highest BCUT2D eigenvalue weighted by Gasteiger charge is 2.14. The van der Waals surface area contributed by atoms with E-state index in [9.17, 15) is 0 Å². The Morgan fingerprint density at radius 1 is 1.33 bits per heavy atom. The number of benzene rings is 1. The molecule has 0 radical (unpaired) electrons. The molecule has 1 aliphatic rings. The van der Waals surface area contributed by atoms with E-state index in [0.29, 0.717) is 12.5 Å². The molecule has 100 valence electrons. The topological polar surface area (TPSA) is 47.3 Å². The van der Waals surface area contributed by atoms with E-state index in [1.807, 2.05) is 0 Å². The summed E-state index contributed by atoms with van der Waals surface area (Å²) in [6, 6.07) is 6.39. The Balaban J connectivity index is 1.88. The maximum Gasteiger partial charge on any atom is 0.122 e. The van der Waals surface area contributed by atoms with Crippen molar-refractivity contribution in [3.63, 3.8) is 0 Å². The molecule has 0 unspecified atom stereocenters. The molecular weight excluding hydrogens is 224 g/mol. The highest BCUT2D eigenvalue weighted by molar-refractivity contribution is 5.36. The van der Waals surface area contributed by atoms with Gasteiger partial charge in [-0.05, 0) is 68.9 Å². The van der Waals surface area contributed by atoms with Crippen molar-refractivity contribution in [1.29, 1.82) is 0 Å². The predicted molar refractivity (Wildman–Crippen MR) is 75.0 cm³/mol. The van der Waals surface area contributed by atoms with Gasteiger partial charge in [-0.25, -0.2) is 0 Å². The SMILES string of the molecule is Cc1cc(CCN)ccc1OCC1CCNCC1. The molecule has 0 amide bonds. The standard InChI is InChI=1S/C15H24N2O/c1-12-10-13(4-7-16)2-3-15(12)18-11-14-5-8-17-9-6-14/h2-3,10,14,17H,4-9,11,16H2,1H3. The van der Waals surface area contributed by atoms with E-state index in [2.05, 4.69) is 30.4 Å². The smallest absolute Gasteiger partial charge is 0.122 e. The Bertz CT molecular complexity index is 373. The summed E-state index contributed by atoms with van der Waals surface area (Å²) < 4.78 is 5.95. The van der Waals surface area contributed by atoms with Gasteiger partial charge in [0, 0.05) is 0 Å². The molecule has 1 aliphatic heterocycles. The van der Waals surface area contributed by atoms with Gasteiger partial charge in [-0.2, -0.15) is 0 Å². The van der Waals surface area contributed by atoms with Crippen LogP contribution in [0.15, 0.2) is 18.2 Å². The molecule has 1 heterocycles. The Labute approximate surface area is 110 Å². The highest BCUT2D eigenvalue weighted by Crippen LogP contribution is 2.21. The number of nitrogens with one attached hydrogen (secondary N) is 1. The first-order chi connectivity index (χ1) is 8.79. The maximum absolute atomic E-state index is 5.95. The number of piperidine rings is 1. The number of hydrogen-bond acceptors (Lipinski definition) is 3. The molecular formula is C15H24N2O. The summed E-state index contributed by atoms with van der Waals surface area (Å²) in [6.45, 7) is 5.91. The average molecular weight is 248 g/mol. The lowest BCUT2D eigenvalue weighted by atomic mass is 9.99. The van der Waals surface area contributed by atoms with Crippen LogP contribution in [0.5, 0.6) is 5.75 Å². The summed E-state index contributed by atoms with van der Waals surface area (Å²) in [7, 11) is 0. The minimum absolute atomic E-state index is 0.703. The van der Waals surface area contributed by atoms with E-state index in [1.54, 1.807) is 0 Å². The average Bonchev–Trinajstić information content (AvgIpc) is 2.39. The van der Waals surface area contributed by atoms with Gasteiger partial charge in [-0.3, -0.25) is 0 Å². The van der Waals surface area contributed by atoms with Crippen LogP contribution in [0, 0.1) is 12.8 Å². The number of aryl methyl sites for hydroxylation is 1. The molecule has 1 fully saturated rings. The first-order valence-electron chi connectivity index (χ1n) is 6.92. The van der Waals surface area contributed by atoms with Crippen molar-refractivity contribution in [3.8, 4) is 5.75 Å². The fraction of sp³-hybridized carbons (Fsp3) is 0.600. The van der Waals surface area contributed by atoms with Crippen molar-refractivity contribution < 1.29 is 4.74 Å². The van der Waals surface area contributed by atoms with Crippen LogP contribution in [0.3, 0.4) is 0 Å². The Kier molecular flexibility index (Phi) is 5.02. The number of nitrogens with two attached hydrogens (primary N) is 1. The quantitative estimate of drug-likeness (QED) is 0.836. The fourth-order valence-corrected chi connectivity index (χ4v) is 2.45. The number of rotatable bonds is 5. The van der Waals surface area contributed by atoms with Gasteiger partial charge in [-0.15, -0.1) is 0 Å².